The molecule has 2 aromatic carbocycles. The third-order valence-electron chi connectivity index (χ3n) is 3.25. The van der Waals surface area contributed by atoms with Gasteiger partial charge in [0.2, 0.25) is 5.91 Å². The number of carboxylic acids is 1. The van der Waals surface area contributed by atoms with E-state index in [1.165, 1.54) is 12.1 Å². The monoisotopic (exact) mass is 295 g/mol. The molecule has 0 aliphatic heterocycles. The molecule has 1 amide bonds. The van der Waals surface area contributed by atoms with Crippen molar-refractivity contribution < 1.29 is 14.7 Å². The molecule has 0 fully saturated rings. The molecular formula is C18H17NO3. The zero-order valence-corrected chi connectivity index (χ0v) is 12.2. The highest BCUT2D eigenvalue weighted by Crippen LogP contribution is 2.19. The molecule has 112 valence electrons. The highest BCUT2D eigenvalue weighted by Gasteiger charge is 2.11. The van der Waals surface area contributed by atoms with Crippen LogP contribution in [-0.2, 0) is 4.79 Å². The maximum atomic E-state index is 12.1. The molecule has 4 nitrogen and oxygen atoms in total. The number of benzene rings is 2. The molecular weight excluding hydrogens is 278 g/mol. The van der Waals surface area contributed by atoms with Gasteiger partial charge in [-0.3, -0.25) is 4.79 Å². The Bertz CT molecular complexity index is 705. The fourth-order valence-corrected chi connectivity index (χ4v) is 2.15. The minimum atomic E-state index is -1.07. The van der Waals surface area contributed by atoms with E-state index in [1.54, 1.807) is 18.2 Å². The van der Waals surface area contributed by atoms with E-state index in [0.29, 0.717) is 12.1 Å². The van der Waals surface area contributed by atoms with Crippen LogP contribution in [0.1, 0.15) is 29.3 Å². The number of para-hydroxylation sites is 1. The summed E-state index contributed by atoms with van der Waals surface area (Å²) in [5.41, 5.74) is 2.24. The van der Waals surface area contributed by atoms with Crippen molar-refractivity contribution in [2.24, 2.45) is 0 Å². The van der Waals surface area contributed by atoms with Gasteiger partial charge in [-0.2, -0.15) is 0 Å². The summed E-state index contributed by atoms with van der Waals surface area (Å²) >= 11 is 0. The van der Waals surface area contributed by atoms with Gasteiger partial charge in [0.1, 0.15) is 0 Å². The minimum absolute atomic E-state index is 0.0713. The van der Waals surface area contributed by atoms with Crippen LogP contribution in [0, 0.1) is 0 Å². The van der Waals surface area contributed by atoms with E-state index in [1.807, 2.05) is 37.3 Å². The number of carbonyl (C=O) groups is 2. The van der Waals surface area contributed by atoms with Gasteiger partial charge >= 0.3 is 5.97 Å². The Morgan fingerprint density at radius 3 is 2.32 bits per heavy atom. The highest BCUT2D eigenvalue weighted by molar-refractivity contribution is 6.07. The van der Waals surface area contributed by atoms with Crippen LogP contribution in [0.15, 0.2) is 60.7 Å². The normalized spacial score (nSPS) is 11.0. The number of allylic oxidation sites excluding steroid dienone is 1. The number of nitrogens with one attached hydrogen (secondary N) is 1. The van der Waals surface area contributed by atoms with E-state index in [4.69, 9.17) is 5.11 Å². The van der Waals surface area contributed by atoms with Gasteiger partial charge in [0.15, 0.2) is 0 Å². The van der Waals surface area contributed by atoms with Gasteiger partial charge in [-0.25, -0.2) is 4.79 Å². The first-order valence-electron chi connectivity index (χ1n) is 7.01. The second kappa shape index (κ2) is 7.22. The van der Waals surface area contributed by atoms with Crippen molar-refractivity contribution in [3.63, 3.8) is 0 Å². The fourth-order valence-electron chi connectivity index (χ4n) is 2.15. The van der Waals surface area contributed by atoms with E-state index >= 15 is 0 Å². The molecule has 0 saturated carbocycles. The van der Waals surface area contributed by atoms with Crippen LogP contribution in [0.5, 0.6) is 0 Å². The number of aromatic carboxylic acids is 1. The van der Waals surface area contributed by atoms with Crippen LogP contribution in [0.25, 0.3) is 5.57 Å². The lowest BCUT2D eigenvalue weighted by Crippen LogP contribution is -2.12. The molecule has 2 aromatic rings. The van der Waals surface area contributed by atoms with E-state index in [9.17, 15) is 9.59 Å². The van der Waals surface area contributed by atoms with Crippen molar-refractivity contribution >= 4 is 23.1 Å². The summed E-state index contributed by atoms with van der Waals surface area (Å²) in [7, 11) is 0. The van der Waals surface area contributed by atoms with Crippen LogP contribution in [-0.4, -0.2) is 17.0 Å². The van der Waals surface area contributed by atoms with Crippen LogP contribution in [0.4, 0.5) is 5.69 Å². The third-order valence-corrected chi connectivity index (χ3v) is 3.25. The topological polar surface area (TPSA) is 66.4 Å². The van der Waals surface area contributed by atoms with E-state index in [2.05, 4.69) is 5.32 Å². The molecule has 0 bridgehead atoms. The maximum absolute atomic E-state index is 12.1. The SMILES string of the molecule is CC/C(=C/C(=O)Nc1ccccc1C(=O)O)c1ccccc1. The average molecular weight is 295 g/mol. The predicted octanol–water partition coefficient (Wildman–Crippen LogP) is 3.82. The lowest BCUT2D eigenvalue weighted by molar-refractivity contribution is -0.111. The summed E-state index contributed by atoms with van der Waals surface area (Å²) < 4.78 is 0. The molecule has 2 rings (SSSR count). The minimum Gasteiger partial charge on any atom is -0.478 e. The van der Waals surface area contributed by atoms with E-state index < -0.39 is 5.97 Å². The number of rotatable bonds is 5. The zero-order chi connectivity index (χ0) is 15.9. The first kappa shape index (κ1) is 15.5. The molecule has 2 N–H and O–H groups in total. The van der Waals surface area contributed by atoms with E-state index in [0.717, 1.165) is 11.1 Å². The Morgan fingerprint density at radius 1 is 1.05 bits per heavy atom. The van der Waals surface area contributed by atoms with Crippen molar-refractivity contribution in [2.75, 3.05) is 5.32 Å². The van der Waals surface area contributed by atoms with Crippen LogP contribution < -0.4 is 5.32 Å². The molecule has 0 radical (unpaired) electrons. The van der Waals surface area contributed by atoms with Gasteiger partial charge in [0.05, 0.1) is 11.3 Å². The molecule has 0 aliphatic carbocycles. The first-order chi connectivity index (χ1) is 10.6. The summed E-state index contributed by atoms with van der Waals surface area (Å²) in [5.74, 6) is -1.41. The van der Waals surface area contributed by atoms with Gasteiger partial charge in [0.25, 0.3) is 0 Å². The molecule has 4 heteroatoms. The Balaban J connectivity index is 2.22. The van der Waals surface area contributed by atoms with Gasteiger partial charge in [-0.15, -0.1) is 0 Å². The van der Waals surface area contributed by atoms with Crippen molar-refractivity contribution in [1.82, 2.24) is 0 Å². The standard InChI is InChI=1S/C18H17NO3/c1-2-13(14-8-4-3-5-9-14)12-17(20)19-16-11-7-6-10-15(16)18(21)22/h3-12H,2H2,1H3,(H,19,20)(H,21,22)/b13-12-. The Hall–Kier alpha value is -2.88. The third kappa shape index (κ3) is 3.82. The summed E-state index contributed by atoms with van der Waals surface area (Å²) in [6, 6.07) is 16.0. The molecule has 0 spiro atoms. The summed E-state index contributed by atoms with van der Waals surface area (Å²) in [4.78, 5) is 23.3. The molecule has 0 atom stereocenters. The quantitative estimate of drug-likeness (QED) is 0.824. The molecule has 0 saturated heterocycles. The van der Waals surface area contributed by atoms with Crippen molar-refractivity contribution in [2.45, 2.75) is 13.3 Å². The summed E-state index contributed by atoms with van der Waals surface area (Å²) in [6.07, 6.45) is 2.21. The van der Waals surface area contributed by atoms with Crippen LogP contribution in [0.2, 0.25) is 0 Å². The van der Waals surface area contributed by atoms with Gasteiger partial charge in [-0.05, 0) is 29.7 Å². The fraction of sp³-hybridized carbons (Fsp3) is 0.111. The number of anilines is 1. The van der Waals surface area contributed by atoms with Crippen molar-refractivity contribution in [3.8, 4) is 0 Å². The van der Waals surface area contributed by atoms with Crippen molar-refractivity contribution in [1.29, 1.82) is 0 Å². The Kier molecular flexibility index (Phi) is 5.09. The number of amides is 1. The molecule has 0 heterocycles. The second-order valence-electron chi connectivity index (χ2n) is 4.73. The van der Waals surface area contributed by atoms with E-state index in [-0.39, 0.29) is 11.5 Å². The number of carboxylic acid groups (broad SMARTS) is 1. The lowest BCUT2D eigenvalue weighted by atomic mass is 10.0. The Labute approximate surface area is 129 Å². The summed E-state index contributed by atoms with van der Waals surface area (Å²) in [5, 5.41) is 11.7. The molecule has 22 heavy (non-hydrogen) atoms. The molecule has 0 aliphatic rings. The Morgan fingerprint density at radius 2 is 1.68 bits per heavy atom. The van der Waals surface area contributed by atoms with Crippen molar-refractivity contribution in [3.05, 3.63) is 71.8 Å². The summed E-state index contributed by atoms with van der Waals surface area (Å²) in [6.45, 7) is 1.97. The lowest BCUT2D eigenvalue weighted by Gasteiger charge is -2.08. The smallest absolute Gasteiger partial charge is 0.337 e. The molecule has 0 unspecified atom stereocenters. The van der Waals surface area contributed by atoms with Gasteiger partial charge in [-0.1, -0.05) is 49.4 Å². The largest absolute Gasteiger partial charge is 0.478 e. The number of hydrogen-bond acceptors (Lipinski definition) is 2. The number of carbonyl (C=O) groups excluding carboxylic acids is 1. The molecule has 0 aromatic heterocycles. The first-order valence-corrected chi connectivity index (χ1v) is 7.01. The van der Waals surface area contributed by atoms with Crippen LogP contribution in [0.3, 0.4) is 0 Å². The van der Waals surface area contributed by atoms with Gasteiger partial charge in [0, 0.05) is 6.08 Å². The second-order valence-corrected chi connectivity index (χ2v) is 4.73. The van der Waals surface area contributed by atoms with Crippen LogP contribution >= 0.6 is 0 Å². The average Bonchev–Trinajstić information content (AvgIpc) is 2.53. The number of hydrogen-bond donors (Lipinski definition) is 2. The maximum Gasteiger partial charge on any atom is 0.337 e. The predicted molar refractivity (Wildman–Crippen MR) is 86.7 cm³/mol. The highest BCUT2D eigenvalue weighted by atomic mass is 16.4. The zero-order valence-electron chi connectivity index (χ0n) is 12.2. The van der Waals surface area contributed by atoms with Gasteiger partial charge < -0.3 is 10.4 Å².